The molecular formula is C32H29ClF3N3O7. The highest BCUT2D eigenvalue weighted by molar-refractivity contribution is 6.30. The summed E-state index contributed by atoms with van der Waals surface area (Å²) in [5.74, 6) is -5.05. The van der Waals surface area contributed by atoms with Gasteiger partial charge in [-0.05, 0) is 29.8 Å². The molecule has 4 aromatic rings. The zero-order chi connectivity index (χ0) is 32.4. The van der Waals surface area contributed by atoms with Gasteiger partial charge in [0.15, 0.2) is 29.8 Å². The minimum absolute atomic E-state index is 0.0181. The number of carbonyl (C=O) groups is 1. The van der Waals surface area contributed by atoms with Crippen LogP contribution in [0.2, 0.25) is 5.02 Å². The van der Waals surface area contributed by atoms with E-state index in [1.165, 1.54) is 25.1 Å². The van der Waals surface area contributed by atoms with E-state index in [0.717, 1.165) is 23.3 Å². The van der Waals surface area contributed by atoms with Gasteiger partial charge in [-0.3, -0.25) is 0 Å². The quantitative estimate of drug-likeness (QED) is 0.177. The lowest BCUT2D eigenvalue weighted by Crippen LogP contribution is -2.63. The molecule has 6 rings (SSSR count). The first-order valence-electron chi connectivity index (χ1n) is 14.3. The van der Waals surface area contributed by atoms with Crippen molar-refractivity contribution in [3.8, 4) is 11.3 Å². The maximum atomic E-state index is 14.1. The van der Waals surface area contributed by atoms with Crippen molar-refractivity contribution in [2.45, 2.75) is 49.5 Å². The van der Waals surface area contributed by atoms with Crippen LogP contribution in [0.3, 0.4) is 0 Å². The van der Waals surface area contributed by atoms with Gasteiger partial charge >= 0.3 is 5.97 Å². The predicted molar refractivity (Wildman–Crippen MR) is 156 cm³/mol. The second kappa shape index (κ2) is 13.9. The van der Waals surface area contributed by atoms with Crippen molar-refractivity contribution >= 4 is 17.6 Å². The lowest BCUT2D eigenvalue weighted by molar-refractivity contribution is -0.327. The first kappa shape index (κ1) is 32.1. The van der Waals surface area contributed by atoms with Gasteiger partial charge < -0.3 is 28.4 Å². The summed E-state index contributed by atoms with van der Waals surface area (Å²) in [7, 11) is 2.66. The number of ether oxygens (including phenoxy) is 6. The Morgan fingerprint density at radius 3 is 2.43 bits per heavy atom. The third-order valence-electron chi connectivity index (χ3n) is 7.90. The predicted octanol–water partition coefficient (Wildman–Crippen LogP) is 5.21. The van der Waals surface area contributed by atoms with E-state index in [2.05, 4.69) is 10.3 Å². The normalized spacial score (nSPS) is 25.1. The summed E-state index contributed by atoms with van der Waals surface area (Å²) in [6.07, 6.45) is -4.16. The van der Waals surface area contributed by atoms with Crippen LogP contribution in [0, 0.1) is 17.5 Å². The molecule has 0 aliphatic carbocycles. The average Bonchev–Trinajstić information content (AvgIpc) is 3.57. The molecule has 2 saturated heterocycles. The summed E-state index contributed by atoms with van der Waals surface area (Å²) in [5, 5.41) is 8.89. The summed E-state index contributed by atoms with van der Waals surface area (Å²) in [6, 6.07) is 17.0. The minimum Gasteiger partial charge on any atom is -0.467 e. The SMILES string of the molecule is COC(=O)[C@@H](OCc1ccc(Cl)cc1)C1OC2COC(c3ccccc3)O[C@@H]2C(n2cc(-c3cc(F)c(F)c(F)c3)nn2)C1OC. The van der Waals surface area contributed by atoms with Gasteiger partial charge in [0.2, 0.25) is 0 Å². The van der Waals surface area contributed by atoms with Crippen LogP contribution in [0.1, 0.15) is 23.5 Å². The van der Waals surface area contributed by atoms with Crippen LogP contribution in [0.5, 0.6) is 0 Å². The molecule has 1 aromatic heterocycles. The average molecular weight is 660 g/mol. The summed E-state index contributed by atoms with van der Waals surface area (Å²) in [5.41, 5.74) is 1.52. The Bertz CT molecular complexity index is 1640. The molecule has 10 nitrogen and oxygen atoms in total. The molecule has 2 fully saturated rings. The van der Waals surface area contributed by atoms with Gasteiger partial charge in [0.05, 0.1) is 26.5 Å². The maximum absolute atomic E-state index is 14.1. The van der Waals surface area contributed by atoms with Crippen molar-refractivity contribution in [3.63, 3.8) is 0 Å². The van der Waals surface area contributed by atoms with E-state index >= 15 is 0 Å². The van der Waals surface area contributed by atoms with E-state index in [9.17, 15) is 18.0 Å². The lowest BCUT2D eigenvalue weighted by atomic mass is 9.89. The molecular weight excluding hydrogens is 631 g/mol. The number of aromatic nitrogens is 3. The largest absolute Gasteiger partial charge is 0.467 e. The second-order valence-electron chi connectivity index (χ2n) is 10.7. The number of carbonyl (C=O) groups excluding carboxylic acids is 1. The molecule has 5 unspecified atom stereocenters. The number of hydrogen-bond donors (Lipinski definition) is 0. The van der Waals surface area contributed by atoms with Crippen molar-refractivity contribution in [1.29, 1.82) is 0 Å². The molecule has 0 radical (unpaired) electrons. The highest BCUT2D eigenvalue weighted by Crippen LogP contribution is 2.42. The van der Waals surface area contributed by atoms with Gasteiger partial charge in [0.1, 0.15) is 36.2 Å². The third kappa shape index (κ3) is 6.52. The smallest absolute Gasteiger partial charge is 0.337 e. The summed E-state index contributed by atoms with van der Waals surface area (Å²) >= 11 is 6.02. The van der Waals surface area contributed by atoms with Crippen LogP contribution >= 0.6 is 11.6 Å². The molecule has 46 heavy (non-hydrogen) atoms. The first-order valence-corrected chi connectivity index (χ1v) is 14.7. The zero-order valence-electron chi connectivity index (χ0n) is 24.6. The van der Waals surface area contributed by atoms with Crippen LogP contribution in [0.4, 0.5) is 13.2 Å². The molecule has 3 aromatic carbocycles. The number of esters is 1. The first-order chi connectivity index (χ1) is 22.3. The highest BCUT2D eigenvalue weighted by Gasteiger charge is 2.55. The Kier molecular flexibility index (Phi) is 9.68. The van der Waals surface area contributed by atoms with E-state index in [1.807, 2.05) is 30.3 Å². The van der Waals surface area contributed by atoms with E-state index < -0.39 is 66.3 Å². The lowest BCUT2D eigenvalue weighted by Gasteiger charge is -2.50. The van der Waals surface area contributed by atoms with Gasteiger partial charge in [-0.2, -0.15) is 0 Å². The number of hydrogen-bond acceptors (Lipinski definition) is 9. The molecule has 0 N–H and O–H groups in total. The highest BCUT2D eigenvalue weighted by atomic mass is 35.5. The Balaban J connectivity index is 1.37. The monoisotopic (exact) mass is 659 g/mol. The number of benzene rings is 3. The molecule has 242 valence electrons. The van der Waals surface area contributed by atoms with Crippen LogP contribution in [0.15, 0.2) is 72.9 Å². The number of methoxy groups -OCH3 is 2. The summed E-state index contributed by atoms with van der Waals surface area (Å²) in [4.78, 5) is 13.2. The van der Waals surface area contributed by atoms with E-state index in [1.54, 1.807) is 24.3 Å². The van der Waals surface area contributed by atoms with Crippen LogP contribution in [0.25, 0.3) is 11.3 Å². The number of halogens is 4. The number of nitrogens with zero attached hydrogens (tertiary/aromatic N) is 3. The van der Waals surface area contributed by atoms with Crippen molar-refractivity contribution in [2.24, 2.45) is 0 Å². The van der Waals surface area contributed by atoms with E-state index in [0.29, 0.717) is 5.02 Å². The second-order valence-corrected chi connectivity index (χ2v) is 11.2. The van der Waals surface area contributed by atoms with E-state index in [-0.39, 0.29) is 24.5 Å². The molecule has 3 heterocycles. The summed E-state index contributed by atoms with van der Waals surface area (Å²) < 4.78 is 79.3. The topological polar surface area (TPSA) is 103 Å². The standard InChI is InChI=1S/C32H29ClF3N3O7/c1-41-28-26(39-14-23(37-38-39)19-12-21(34)25(36)22(35)13-19)27-24(16-44-32(46-27)18-6-4-3-5-7-18)45-29(28)30(31(40)42-2)43-15-17-8-10-20(33)11-9-17/h3-14,24,26-30,32H,15-16H2,1-2H3/t24?,26?,27-,28?,29?,30-,32?/m0/s1. The van der Waals surface area contributed by atoms with Gasteiger partial charge in [0, 0.05) is 23.3 Å². The molecule has 2 aliphatic heterocycles. The Hall–Kier alpha value is -3.85. The fraction of sp³-hybridized carbons (Fsp3) is 0.344. The fourth-order valence-corrected chi connectivity index (χ4v) is 5.79. The van der Waals surface area contributed by atoms with Crippen molar-refractivity contribution < 1.29 is 46.4 Å². The Morgan fingerprint density at radius 1 is 1.04 bits per heavy atom. The zero-order valence-corrected chi connectivity index (χ0v) is 25.4. The summed E-state index contributed by atoms with van der Waals surface area (Å²) in [6.45, 7) is 0.0823. The molecule has 2 aliphatic rings. The van der Waals surface area contributed by atoms with E-state index in [4.69, 9.17) is 40.0 Å². The van der Waals surface area contributed by atoms with Crippen molar-refractivity contribution in [3.05, 3.63) is 107 Å². The van der Waals surface area contributed by atoms with Crippen molar-refractivity contribution in [2.75, 3.05) is 20.8 Å². The minimum atomic E-state index is -1.60. The molecule has 7 atom stereocenters. The van der Waals surface area contributed by atoms with Gasteiger partial charge in [-0.25, -0.2) is 22.6 Å². The number of fused-ring (bicyclic) bond motifs is 1. The Morgan fingerprint density at radius 2 is 1.76 bits per heavy atom. The fourth-order valence-electron chi connectivity index (χ4n) is 5.67. The molecule has 0 bridgehead atoms. The van der Waals surface area contributed by atoms with Crippen LogP contribution in [-0.2, 0) is 39.8 Å². The molecule has 14 heteroatoms. The van der Waals surface area contributed by atoms with Crippen LogP contribution in [-0.4, -0.2) is 72.3 Å². The Labute approximate surface area is 266 Å². The van der Waals surface area contributed by atoms with Crippen molar-refractivity contribution in [1.82, 2.24) is 15.0 Å². The number of rotatable bonds is 9. The van der Waals surface area contributed by atoms with Gasteiger partial charge in [0.25, 0.3) is 0 Å². The third-order valence-corrected chi connectivity index (χ3v) is 8.15. The van der Waals surface area contributed by atoms with Crippen LogP contribution < -0.4 is 0 Å². The van der Waals surface area contributed by atoms with Gasteiger partial charge in [-0.15, -0.1) is 5.10 Å². The maximum Gasteiger partial charge on any atom is 0.337 e. The van der Waals surface area contributed by atoms with Gasteiger partial charge in [-0.1, -0.05) is 59.3 Å². The molecule has 0 saturated carbocycles. The molecule has 0 spiro atoms. The molecule has 0 amide bonds.